The van der Waals surface area contributed by atoms with Gasteiger partial charge < -0.3 is 10.1 Å². The molecule has 1 heterocycles. The molecule has 1 N–H and O–H groups in total. The summed E-state index contributed by atoms with van der Waals surface area (Å²) in [6.07, 6.45) is 7.37. The molecule has 34 heavy (non-hydrogen) atoms. The highest BCUT2D eigenvalue weighted by atomic mass is 35.5. The van der Waals surface area contributed by atoms with E-state index in [1.165, 1.54) is 25.7 Å². The summed E-state index contributed by atoms with van der Waals surface area (Å²) in [6.45, 7) is 4.57. The number of hydrogen-bond acceptors (Lipinski definition) is 5. The number of benzene rings is 1. The molecule has 0 unspecified atom stereocenters. The quantitative estimate of drug-likeness (QED) is 0.572. The van der Waals surface area contributed by atoms with Crippen molar-refractivity contribution in [2.24, 2.45) is 5.92 Å². The molecule has 0 atom stereocenters. The van der Waals surface area contributed by atoms with E-state index in [0.717, 1.165) is 38.5 Å². The van der Waals surface area contributed by atoms with E-state index in [1.807, 2.05) is 0 Å². The molecule has 0 spiro atoms. The fraction of sp³-hybridized carbons (Fsp3) is 0.708. The molecule has 7 nitrogen and oxygen atoms in total. The van der Waals surface area contributed by atoms with Crippen LogP contribution in [0.2, 0.25) is 0 Å². The summed E-state index contributed by atoms with van der Waals surface area (Å²) >= 11 is 0. The maximum absolute atomic E-state index is 13.8. The molecular formula is C24H37ClFN3O4S. The molecule has 3 aliphatic rings. The van der Waals surface area contributed by atoms with Crippen molar-refractivity contribution < 1.29 is 22.3 Å². The van der Waals surface area contributed by atoms with E-state index in [-0.39, 0.29) is 35.4 Å². The van der Waals surface area contributed by atoms with Gasteiger partial charge in [-0.25, -0.2) is 12.8 Å². The van der Waals surface area contributed by atoms with Crippen molar-refractivity contribution in [3.8, 4) is 5.75 Å². The Hall–Kier alpha value is -1.42. The summed E-state index contributed by atoms with van der Waals surface area (Å²) in [5.74, 6) is 0.170. The minimum Gasteiger partial charge on any atom is -0.496 e. The van der Waals surface area contributed by atoms with E-state index in [1.54, 1.807) is 11.2 Å². The van der Waals surface area contributed by atoms with Gasteiger partial charge in [-0.05, 0) is 50.2 Å². The number of amides is 1. The van der Waals surface area contributed by atoms with Crippen LogP contribution in [0.25, 0.3) is 0 Å². The highest BCUT2D eigenvalue weighted by Gasteiger charge is 2.42. The smallest absolute Gasteiger partial charge is 0.255 e. The summed E-state index contributed by atoms with van der Waals surface area (Å²) in [7, 11) is -1.74. The molecule has 2 aliphatic carbocycles. The minimum atomic E-state index is -3.18. The Labute approximate surface area is 208 Å². The zero-order valence-corrected chi connectivity index (χ0v) is 21.8. The number of sulfonamides is 1. The van der Waals surface area contributed by atoms with Gasteiger partial charge in [0, 0.05) is 44.3 Å². The third-order valence-electron chi connectivity index (χ3n) is 7.52. The second-order valence-corrected chi connectivity index (χ2v) is 11.9. The zero-order valence-electron chi connectivity index (χ0n) is 20.1. The predicted molar refractivity (Wildman–Crippen MR) is 133 cm³/mol. The van der Waals surface area contributed by atoms with Crippen molar-refractivity contribution in [2.45, 2.75) is 57.4 Å². The van der Waals surface area contributed by atoms with Gasteiger partial charge in [0.25, 0.3) is 5.91 Å². The average molecular weight is 518 g/mol. The van der Waals surface area contributed by atoms with Crippen LogP contribution in [0.5, 0.6) is 5.75 Å². The normalized spacial score (nSPS) is 21.5. The molecule has 1 aromatic carbocycles. The summed E-state index contributed by atoms with van der Waals surface area (Å²) in [5.41, 5.74) is 0.721. The lowest BCUT2D eigenvalue weighted by Crippen LogP contribution is -2.62. The van der Waals surface area contributed by atoms with Crippen molar-refractivity contribution >= 4 is 28.3 Å². The number of piperazine rings is 1. The van der Waals surface area contributed by atoms with Crippen LogP contribution in [-0.4, -0.2) is 74.7 Å². The maximum atomic E-state index is 13.8. The van der Waals surface area contributed by atoms with Gasteiger partial charge in [0.05, 0.1) is 18.4 Å². The molecule has 1 aliphatic heterocycles. The Morgan fingerprint density at radius 2 is 1.79 bits per heavy atom. The van der Waals surface area contributed by atoms with Crippen LogP contribution in [-0.2, 0) is 10.0 Å². The molecule has 3 fully saturated rings. The molecule has 0 aromatic heterocycles. The molecule has 1 aromatic rings. The number of ether oxygens (including phenoxy) is 1. The van der Waals surface area contributed by atoms with Crippen LogP contribution in [0, 0.1) is 18.7 Å². The lowest BCUT2D eigenvalue weighted by atomic mass is 9.79. The first-order valence-corrected chi connectivity index (χ1v) is 13.7. The Balaban J connectivity index is 0.00000324. The van der Waals surface area contributed by atoms with E-state index in [0.29, 0.717) is 49.8 Å². The highest BCUT2D eigenvalue weighted by molar-refractivity contribution is 7.89. The number of rotatable bonds is 8. The lowest BCUT2D eigenvalue weighted by Gasteiger charge is -2.49. The second kappa shape index (κ2) is 11.1. The Bertz CT molecular complexity index is 973. The number of halogens is 2. The third kappa shape index (κ3) is 6.04. The van der Waals surface area contributed by atoms with Crippen molar-refractivity contribution in [1.29, 1.82) is 0 Å². The van der Waals surface area contributed by atoms with Gasteiger partial charge in [-0.15, -0.1) is 12.4 Å². The number of hydrogen-bond donors (Lipinski definition) is 1. The van der Waals surface area contributed by atoms with Crippen molar-refractivity contribution in [3.05, 3.63) is 29.1 Å². The average Bonchev–Trinajstić information content (AvgIpc) is 3.61. The van der Waals surface area contributed by atoms with Crippen LogP contribution in [0.3, 0.4) is 0 Å². The van der Waals surface area contributed by atoms with Crippen molar-refractivity contribution in [2.75, 3.05) is 45.6 Å². The lowest BCUT2D eigenvalue weighted by molar-refractivity contribution is 0.0239. The van der Waals surface area contributed by atoms with E-state index < -0.39 is 15.8 Å². The van der Waals surface area contributed by atoms with Crippen LogP contribution < -0.4 is 10.1 Å². The third-order valence-corrected chi connectivity index (χ3v) is 9.56. The molecule has 0 radical (unpaired) electrons. The molecule has 1 saturated heterocycles. The topological polar surface area (TPSA) is 79.0 Å². The molecular weight excluding hydrogens is 481 g/mol. The van der Waals surface area contributed by atoms with E-state index >= 15 is 0 Å². The number of carbonyl (C=O) groups is 1. The summed E-state index contributed by atoms with van der Waals surface area (Å²) in [6, 6.07) is 2.58. The number of carbonyl (C=O) groups excluding carboxylic acids is 1. The van der Waals surface area contributed by atoms with Crippen LogP contribution in [0.4, 0.5) is 4.39 Å². The van der Waals surface area contributed by atoms with Crippen LogP contribution in [0.1, 0.15) is 60.9 Å². The van der Waals surface area contributed by atoms with Crippen molar-refractivity contribution in [3.63, 3.8) is 0 Å². The van der Waals surface area contributed by atoms with Crippen LogP contribution >= 0.6 is 12.4 Å². The number of nitrogens with zero attached hydrogens (tertiary/aromatic N) is 2. The molecule has 2 saturated carbocycles. The van der Waals surface area contributed by atoms with Crippen molar-refractivity contribution in [1.82, 2.24) is 14.5 Å². The van der Waals surface area contributed by atoms with Gasteiger partial charge in [0.2, 0.25) is 10.0 Å². The van der Waals surface area contributed by atoms with E-state index in [2.05, 4.69) is 10.2 Å². The van der Waals surface area contributed by atoms with Gasteiger partial charge in [0.15, 0.2) is 0 Å². The fourth-order valence-electron chi connectivity index (χ4n) is 5.44. The maximum Gasteiger partial charge on any atom is 0.255 e. The number of nitrogens with one attached hydrogen (secondary N) is 1. The molecule has 4 rings (SSSR count). The minimum absolute atomic E-state index is 0. The van der Waals surface area contributed by atoms with E-state index in [4.69, 9.17) is 4.74 Å². The van der Waals surface area contributed by atoms with E-state index in [9.17, 15) is 17.6 Å². The Kier molecular flexibility index (Phi) is 8.87. The summed E-state index contributed by atoms with van der Waals surface area (Å²) < 4.78 is 46.1. The Morgan fingerprint density at radius 3 is 2.38 bits per heavy atom. The molecule has 0 bridgehead atoms. The molecule has 10 heteroatoms. The van der Waals surface area contributed by atoms with Gasteiger partial charge in [-0.1, -0.05) is 19.3 Å². The first-order valence-electron chi connectivity index (χ1n) is 12.1. The van der Waals surface area contributed by atoms with Crippen LogP contribution in [0.15, 0.2) is 12.1 Å². The first kappa shape index (κ1) is 27.2. The molecule has 192 valence electrons. The fourth-order valence-corrected chi connectivity index (χ4v) is 7.30. The Morgan fingerprint density at radius 1 is 1.15 bits per heavy atom. The SMILES string of the molecule is COc1cc(F)cc(C)c1C(=O)NCC1(N2CCN(S(=O)(=O)CC3CC3)CC2)CCCCC1.Cl. The standard InChI is InChI=1S/C24H36FN3O4S.ClH/c1-18-14-20(25)15-21(32-2)22(18)23(29)26-17-24(8-4-3-5-9-24)27-10-12-28(13-11-27)33(30,31)16-19-6-7-19;/h14-15,19H,3-13,16-17H2,1-2H3,(H,26,29);1H. The summed E-state index contributed by atoms with van der Waals surface area (Å²) in [4.78, 5) is 15.5. The second-order valence-electron chi connectivity index (χ2n) is 9.88. The summed E-state index contributed by atoms with van der Waals surface area (Å²) in [5, 5.41) is 3.10. The number of methoxy groups -OCH3 is 1. The monoisotopic (exact) mass is 517 g/mol. The molecule has 1 amide bonds. The van der Waals surface area contributed by atoms with Gasteiger partial charge >= 0.3 is 0 Å². The van der Waals surface area contributed by atoms with Gasteiger partial charge in [0.1, 0.15) is 11.6 Å². The highest BCUT2D eigenvalue weighted by Crippen LogP contribution is 2.36. The first-order chi connectivity index (χ1) is 15.7. The zero-order chi connectivity index (χ0) is 23.6. The predicted octanol–water partition coefficient (Wildman–Crippen LogP) is 3.35. The van der Waals surface area contributed by atoms with Gasteiger partial charge in [-0.2, -0.15) is 4.31 Å². The van der Waals surface area contributed by atoms with Gasteiger partial charge in [-0.3, -0.25) is 9.69 Å². The number of aryl methyl sites for hydroxylation is 1. The largest absolute Gasteiger partial charge is 0.496 e.